The molecular weight excluding hydrogens is 324 g/mol. The van der Waals surface area contributed by atoms with E-state index in [4.69, 9.17) is 0 Å². The first-order chi connectivity index (χ1) is 12.3. The van der Waals surface area contributed by atoms with Gasteiger partial charge in [0.25, 0.3) is 0 Å². The van der Waals surface area contributed by atoms with Crippen LogP contribution in [0.2, 0.25) is 0 Å². The van der Waals surface area contributed by atoms with Crippen LogP contribution < -0.4 is 0 Å². The number of Topliss-reactive ketones (excluding diaryl/α,β-unsaturated/α-hetero) is 1. The van der Waals surface area contributed by atoms with E-state index in [1.165, 1.54) is 5.57 Å². The number of fused-ring (bicyclic) bond motifs is 5. The van der Waals surface area contributed by atoms with Crippen LogP contribution in [0.25, 0.3) is 0 Å². The number of aliphatic hydroxyl groups excluding tert-OH is 1. The van der Waals surface area contributed by atoms with Gasteiger partial charge in [-0.25, -0.2) is 0 Å². The van der Waals surface area contributed by atoms with Crippen molar-refractivity contribution in [2.24, 2.45) is 34.5 Å². The second-order valence-corrected chi connectivity index (χ2v) is 9.36. The molecule has 0 saturated heterocycles. The Morgan fingerprint density at radius 3 is 2.81 bits per heavy atom. The van der Waals surface area contributed by atoms with Crippen LogP contribution in [0.4, 0.5) is 0 Å². The maximum absolute atomic E-state index is 12.4. The lowest BCUT2D eigenvalue weighted by molar-refractivity contribution is -0.138. The van der Waals surface area contributed by atoms with Gasteiger partial charge in [0, 0.05) is 17.8 Å². The molecule has 0 aliphatic heterocycles. The number of rotatable bonds is 2. The fourth-order valence-electron chi connectivity index (χ4n) is 7.42. The SMILES string of the molecule is C=C=C[C@]12CC(O)[C@H]3[C@@H](CCC4=CC(=O)CC[C@@]43C)[C@@H]1CC[C@@H]2C(C)=O. The minimum atomic E-state index is -0.442. The third-order valence-electron chi connectivity index (χ3n) is 8.36. The van der Waals surface area contributed by atoms with Gasteiger partial charge in [-0.1, -0.05) is 19.1 Å². The van der Waals surface area contributed by atoms with Gasteiger partial charge in [-0.2, -0.15) is 0 Å². The Morgan fingerprint density at radius 1 is 1.35 bits per heavy atom. The smallest absolute Gasteiger partial charge is 0.155 e. The van der Waals surface area contributed by atoms with Gasteiger partial charge in [0.1, 0.15) is 5.78 Å². The molecule has 3 fully saturated rings. The zero-order valence-electron chi connectivity index (χ0n) is 16.0. The van der Waals surface area contributed by atoms with Crippen LogP contribution >= 0.6 is 0 Å². The third-order valence-corrected chi connectivity index (χ3v) is 8.36. The molecule has 3 heteroatoms. The van der Waals surface area contributed by atoms with Crippen molar-refractivity contribution in [3.05, 3.63) is 30.0 Å². The van der Waals surface area contributed by atoms with E-state index in [0.29, 0.717) is 24.7 Å². The normalized spacial score (nSPS) is 47.1. The van der Waals surface area contributed by atoms with Gasteiger partial charge in [0.15, 0.2) is 5.78 Å². The molecule has 0 bridgehead atoms. The van der Waals surface area contributed by atoms with Crippen molar-refractivity contribution in [3.8, 4) is 0 Å². The molecule has 0 aromatic heterocycles. The van der Waals surface area contributed by atoms with Crippen molar-refractivity contribution in [2.45, 2.75) is 64.9 Å². The lowest BCUT2D eigenvalue weighted by Gasteiger charge is -2.59. The van der Waals surface area contributed by atoms with Crippen LogP contribution in [0, 0.1) is 34.5 Å². The van der Waals surface area contributed by atoms with Crippen LogP contribution in [0.1, 0.15) is 58.8 Å². The predicted octanol–water partition coefficient (Wildman–Crippen LogP) is 4.02. The number of hydrogen-bond donors (Lipinski definition) is 1. The summed E-state index contributed by atoms with van der Waals surface area (Å²) in [5, 5.41) is 11.3. The first-order valence-electron chi connectivity index (χ1n) is 10.1. The molecule has 0 aromatic rings. The zero-order chi connectivity index (χ0) is 18.7. The van der Waals surface area contributed by atoms with Crippen molar-refractivity contribution in [1.29, 1.82) is 0 Å². The highest BCUT2D eigenvalue weighted by molar-refractivity contribution is 5.91. The molecule has 140 valence electrons. The maximum atomic E-state index is 12.4. The largest absolute Gasteiger partial charge is 0.393 e. The Bertz CT molecular complexity index is 728. The van der Waals surface area contributed by atoms with Gasteiger partial charge in [0.2, 0.25) is 0 Å². The highest BCUT2D eigenvalue weighted by Crippen LogP contribution is 2.67. The summed E-state index contributed by atoms with van der Waals surface area (Å²) in [6.45, 7) is 7.76. The second-order valence-electron chi connectivity index (χ2n) is 9.36. The van der Waals surface area contributed by atoms with Crippen molar-refractivity contribution in [2.75, 3.05) is 0 Å². The Morgan fingerprint density at radius 2 is 2.12 bits per heavy atom. The molecule has 3 saturated carbocycles. The number of aliphatic hydroxyl groups is 1. The summed E-state index contributed by atoms with van der Waals surface area (Å²) in [6.07, 6.45) is 9.43. The molecule has 3 nitrogen and oxygen atoms in total. The van der Waals surface area contributed by atoms with Crippen LogP contribution in [-0.4, -0.2) is 22.8 Å². The van der Waals surface area contributed by atoms with Crippen LogP contribution in [-0.2, 0) is 9.59 Å². The summed E-state index contributed by atoms with van der Waals surface area (Å²) in [5.41, 5.74) is 3.87. The molecule has 7 atom stereocenters. The maximum Gasteiger partial charge on any atom is 0.155 e. The van der Waals surface area contributed by atoms with Crippen molar-refractivity contribution in [1.82, 2.24) is 0 Å². The molecule has 0 spiro atoms. The highest BCUT2D eigenvalue weighted by atomic mass is 16.3. The molecule has 0 amide bonds. The first-order valence-corrected chi connectivity index (χ1v) is 10.1. The number of hydrogen-bond acceptors (Lipinski definition) is 3. The summed E-state index contributed by atoms with van der Waals surface area (Å²) in [6, 6.07) is 0. The standard InChI is InChI=1S/C23H30O3/c1-4-10-23-13-20(26)21-17(19(23)8-7-18(23)14(2)24)6-5-15-12-16(25)9-11-22(15,21)3/h10,12,17-21,26H,1,5-9,11,13H2,2-3H3/t17-,18+,19-,20?,21+,22-,23+/m0/s1. The molecule has 0 radical (unpaired) electrons. The van der Waals surface area contributed by atoms with Crippen LogP contribution in [0.5, 0.6) is 0 Å². The van der Waals surface area contributed by atoms with E-state index in [2.05, 4.69) is 19.2 Å². The Kier molecular flexibility index (Phi) is 4.17. The summed E-state index contributed by atoms with van der Waals surface area (Å²) in [7, 11) is 0. The Hall–Kier alpha value is -1.44. The summed E-state index contributed by atoms with van der Waals surface area (Å²) >= 11 is 0. The highest BCUT2D eigenvalue weighted by Gasteiger charge is 2.63. The minimum absolute atomic E-state index is 0.0185. The fraction of sp³-hybridized carbons (Fsp3) is 0.696. The van der Waals surface area contributed by atoms with E-state index >= 15 is 0 Å². The molecule has 4 rings (SSSR count). The lowest BCUT2D eigenvalue weighted by Crippen LogP contribution is -2.57. The Balaban J connectivity index is 1.78. The van der Waals surface area contributed by atoms with E-state index in [0.717, 1.165) is 32.1 Å². The van der Waals surface area contributed by atoms with Crippen molar-refractivity contribution >= 4 is 11.6 Å². The molecule has 4 aliphatic carbocycles. The van der Waals surface area contributed by atoms with Crippen molar-refractivity contribution < 1.29 is 14.7 Å². The molecule has 0 aromatic carbocycles. The Labute approximate surface area is 156 Å². The quantitative estimate of drug-likeness (QED) is 0.762. The molecule has 26 heavy (non-hydrogen) atoms. The summed E-state index contributed by atoms with van der Waals surface area (Å²) < 4.78 is 0. The first kappa shape index (κ1) is 17.9. The number of carbonyl (C=O) groups excluding carboxylic acids is 2. The van der Waals surface area contributed by atoms with Crippen LogP contribution in [0.15, 0.2) is 30.0 Å². The fourth-order valence-corrected chi connectivity index (χ4v) is 7.42. The molecule has 0 heterocycles. The minimum Gasteiger partial charge on any atom is -0.393 e. The van der Waals surface area contributed by atoms with Crippen molar-refractivity contribution in [3.63, 3.8) is 0 Å². The van der Waals surface area contributed by atoms with Gasteiger partial charge in [-0.15, -0.1) is 5.73 Å². The molecule has 1 N–H and O–H groups in total. The van der Waals surface area contributed by atoms with E-state index in [-0.39, 0.29) is 34.2 Å². The number of carbonyl (C=O) groups is 2. The van der Waals surface area contributed by atoms with E-state index in [1.54, 1.807) is 6.92 Å². The number of ketones is 2. The second kappa shape index (κ2) is 6.04. The van der Waals surface area contributed by atoms with Gasteiger partial charge in [-0.05, 0) is 80.8 Å². The average molecular weight is 354 g/mol. The topological polar surface area (TPSA) is 54.4 Å². The molecule has 4 aliphatic rings. The van der Waals surface area contributed by atoms with E-state index in [1.807, 2.05) is 12.2 Å². The average Bonchev–Trinajstić information content (AvgIpc) is 2.94. The van der Waals surface area contributed by atoms with Gasteiger partial charge in [0.05, 0.1) is 6.10 Å². The number of allylic oxidation sites excluding steroid dienone is 2. The van der Waals surface area contributed by atoms with E-state index in [9.17, 15) is 14.7 Å². The lowest BCUT2D eigenvalue weighted by atomic mass is 9.45. The molecular formula is C23H30O3. The molecule has 1 unspecified atom stereocenters. The predicted molar refractivity (Wildman–Crippen MR) is 100 cm³/mol. The van der Waals surface area contributed by atoms with Gasteiger partial charge in [-0.3, -0.25) is 9.59 Å². The monoisotopic (exact) mass is 354 g/mol. The third kappa shape index (κ3) is 2.30. The van der Waals surface area contributed by atoms with Gasteiger partial charge < -0.3 is 5.11 Å². The van der Waals surface area contributed by atoms with Gasteiger partial charge >= 0.3 is 0 Å². The summed E-state index contributed by atoms with van der Waals surface area (Å²) in [5.74, 6) is 1.46. The van der Waals surface area contributed by atoms with Crippen LogP contribution in [0.3, 0.4) is 0 Å². The van der Waals surface area contributed by atoms with E-state index < -0.39 is 6.10 Å². The zero-order valence-corrected chi connectivity index (χ0v) is 16.0. The summed E-state index contributed by atoms with van der Waals surface area (Å²) in [4.78, 5) is 24.3.